The SMILES string of the molecule is COc1cc2ncc(-c3cccc(NC4CNCC4C(F)(F)F)n3)n2cc1-c1cnn(C)c1. The first-order chi connectivity index (χ1) is 15.8. The van der Waals surface area contributed by atoms with Crippen molar-refractivity contribution in [3.05, 3.63) is 49.1 Å². The van der Waals surface area contributed by atoms with Crippen molar-refractivity contribution < 1.29 is 17.9 Å². The van der Waals surface area contributed by atoms with Gasteiger partial charge in [-0.3, -0.25) is 9.08 Å². The van der Waals surface area contributed by atoms with Gasteiger partial charge in [-0.05, 0) is 12.1 Å². The Kier molecular flexibility index (Phi) is 5.20. The van der Waals surface area contributed by atoms with E-state index in [1.54, 1.807) is 42.4 Å². The maximum atomic E-state index is 13.3. The zero-order chi connectivity index (χ0) is 23.2. The third kappa shape index (κ3) is 3.99. The number of ether oxygens (including phenoxy) is 1. The molecule has 2 N–H and O–H groups in total. The molecule has 2 atom stereocenters. The predicted molar refractivity (Wildman–Crippen MR) is 117 cm³/mol. The number of imidazole rings is 1. The van der Waals surface area contributed by atoms with Gasteiger partial charge in [0.15, 0.2) is 0 Å². The van der Waals surface area contributed by atoms with E-state index in [0.29, 0.717) is 28.6 Å². The Balaban J connectivity index is 1.51. The van der Waals surface area contributed by atoms with Crippen LogP contribution in [0.1, 0.15) is 0 Å². The highest BCUT2D eigenvalue weighted by Gasteiger charge is 2.47. The fourth-order valence-electron chi connectivity index (χ4n) is 4.16. The summed E-state index contributed by atoms with van der Waals surface area (Å²) < 4.78 is 49.0. The molecule has 5 rings (SSSR count). The van der Waals surface area contributed by atoms with Gasteiger partial charge in [0.05, 0.1) is 42.9 Å². The molecular weight excluding hydrogens is 435 g/mol. The Bertz CT molecular complexity index is 1300. The van der Waals surface area contributed by atoms with Crippen LogP contribution in [-0.2, 0) is 7.05 Å². The molecule has 0 amide bonds. The van der Waals surface area contributed by atoms with Crippen molar-refractivity contribution in [1.29, 1.82) is 0 Å². The lowest BCUT2D eigenvalue weighted by Crippen LogP contribution is -2.38. The monoisotopic (exact) mass is 457 g/mol. The number of alkyl halides is 3. The van der Waals surface area contributed by atoms with Crippen molar-refractivity contribution in [2.24, 2.45) is 13.0 Å². The molecule has 0 aliphatic carbocycles. The summed E-state index contributed by atoms with van der Waals surface area (Å²) in [5.74, 6) is -0.428. The van der Waals surface area contributed by atoms with Crippen molar-refractivity contribution in [3.8, 4) is 28.3 Å². The number of halogens is 3. The van der Waals surface area contributed by atoms with Gasteiger partial charge in [-0.25, -0.2) is 9.97 Å². The van der Waals surface area contributed by atoms with Crippen molar-refractivity contribution in [3.63, 3.8) is 0 Å². The molecule has 1 saturated heterocycles. The summed E-state index contributed by atoms with van der Waals surface area (Å²) in [5.41, 5.74) is 3.66. The van der Waals surface area contributed by atoms with Gasteiger partial charge in [0.25, 0.3) is 0 Å². The summed E-state index contributed by atoms with van der Waals surface area (Å²) in [7, 11) is 3.43. The Morgan fingerprint density at radius 2 is 2.03 bits per heavy atom. The topological polar surface area (TPSA) is 81.3 Å². The van der Waals surface area contributed by atoms with Gasteiger partial charge in [0.2, 0.25) is 0 Å². The minimum atomic E-state index is -4.28. The van der Waals surface area contributed by atoms with Crippen molar-refractivity contribution in [1.82, 2.24) is 29.5 Å². The third-order valence-electron chi connectivity index (χ3n) is 5.82. The molecule has 1 fully saturated rings. The van der Waals surface area contributed by atoms with Crippen LogP contribution < -0.4 is 15.4 Å². The van der Waals surface area contributed by atoms with Gasteiger partial charge in [0.1, 0.15) is 17.2 Å². The molecule has 5 heterocycles. The second-order valence-corrected chi connectivity index (χ2v) is 8.00. The number of nitrogens with zero attached hydrogens (tertiary/aromatic N) is 5. The number of nitrogens with one attached hydrogen (secondary N) is 2. The van der Waals surface area contributed by atoms with Crippen LogP contribution in [0.2, 0.25) is 0 Å². The number of methoxy groups -OCH3 is 1. The molecule has 4 aromatic heterocycles. The zero-order valence-electron chi connectivity index (χ0n) is 18.0. The van der Waals surface area contributed by atoms with E-state index >= 15 is 0 Å². The number of hydrogen-bond donors (Lipinski definition) is 2. The lowest BCUT2D eigenvalue weighted by molar-refractivity contribution is -0.170. The van der Waals surface area contributed by atoms with Crippen LogP contribution in [0.4, 0.5) is 19.0 Å². The molecule has 1 aliphatic heterocycles. The molecule has 0 spiro atoms. The van der Waals surface area contributed by atoms with Gasteiger partial charge < -0.3 is 15.4 Å². The average Bonchev–Trinajstić information content (AvgIpc) is 3.52. The van der Waals surface area contributed by atoms with Crippen LogP contribution in [0.3, 0.4) is 0 Å². The molecule has 2 unspecified atom stereocenters. The molecule has 11 heteroatoms. The lowest BCUT2D eigenvalue weighted by atomic mass is 10.0. The Morgan fingerprint density at radius 1 is 1.18 bits per heavy atom. The van der Waals surface area contributed by atoms with Crippen molar-refractivity contribution in [2.45, 2.75) is 12.2 Å². The van der Waals surface area contributed by atoms with Crippen LogP contribution in [0.5, 0.6) is 5.75 Å². The Hall–Kier alpha value is -3.60. The second-order valence-electron chi connectivity index (χ2n) is 8.00. The number of fused-ring (bicyclic) bond motifs is 1. The first-order valence-electron chi connectivity index (χ1n) is 10.4. The summed E-state index contributed by atoms with van der Waals surface area (Å²) >= 11 is 0. The molecule has 8 nitrogen and oxygen atoms in total. The number of aryl methyl sites for hydroxylation is 1. The quantitative estimate of drug-likeness (QED) is 0.478. The smallest absolute Gasteiger partial charge is 0.395 e. The molecule has 0 aromatic carbocycles. The fraction of sp³-hybridized carbons (Fsp3) is 0.318. The number of hydrogen-bond acceptors (Lipinski definition) is 6. The van der Waals surface area contributed by atoms with E-state index in [4.69, 9.17) is 4.74 Å². The highest BCUT2D eigenvalue weighted by Crippen LogP contribution is 2.34. The van der Waals surface area contributed by atoms with Gasteiger partial charge in [-0.15, -0.1) is 0 Å². The summed E-state index contributed by atoms with van der Waals surface area (Å²) in [6.07, 6.45) is 2.94. The van der Waals surface area contributed by atoms with Crippen LogP contribution >= 0.6 is 0 Å². The highest BCUT2D eigenvalue weighted by atomic mass is 19.4. The summed E-state index contributed by atoms with van der Waals surface area (Å²) in [6.45, 7) is 0.118. The van der Waals surface area contributed by atoms with E-state index in [1.165, 1.54) is 0 Å². The van der Waals surface area contributed by atoms with Crippen LogP contribution in [0.25, 0.3) is 28.2 Å². The molecule has 4 aromatic rings. The van der Waals surface area contributed by atoms with Gasteiger partial charge in [-0.2, -0.15) is 18.3 Å². The van der Waals surface area contributed by atoms with Crippen LogP contribution in [-0.4, -0.2) is 56.6 Å². The molecule has 0 radical (unpaired) electrons. The standard InChI is InChI=1S/C22H22F3N7O/c1-31-11-13(7-28-31)14-12-32-18(10-27-21(32)6-19(14)33-2)16-4-3-5-20(29-16)30-17-9-26-8-15(17)22(23,24)25/h3-7,10-12,15,17,26H,8-9H2,1-2H3,(H,29,30). The molecule has 33 heavy (non-hydrogen) atoms. The molecule has 1 aliphatic rings. The maximum Gasteiger partial charge on any atom is 0.395 e. The number of anilines is 1. The van der Waals surface area contributed by atoms with E-state index in [9.17, 15) is 13.2 Å². The number of rotatable bonds is 5. The van der Waals surface area contributed by atoms with Gasteiger partial charge in [0, 0.05) is 49.7 Å². The fourth-order valence-corrected chi connectivity index (χ4v) is 4.16. The van der Waals surface area contributed by atoms with Crippen molar-refractivity contribution >= 4 is 11.5 Å². The Morgan fingerprint density at radius 3 is 2.76 bits per heavy atom. The summed E-state index contributed by atoms with van der Waals surface area (Å²) in [6, 6.07) is 6.28. The average molecular weight is 457 g/mol. The number of aromatic nitrogens is 5. The largest absolute Gasteiger partial charge is 0.496 e. The molecule has 0 saturated carbocycles. The van der Waals surface area contributed by atoms with E-state index in [-0.39, 0.29) is 13.1 Å². The third-order valence-corrected chi connectivity index (χ3v) is 5.82. The summed E-state index contributed by atoms with van der Waals surface area (Å²) in [4.78, 5) is 9.04. The van der Waals surface area contributed by atoms with Gasteiger partial charge >= 0.3 is 6.18 Å². The normalized spacial score (nSPS) is 18.7. The Labute approximate surface area is 187 Å². The van der Waals surface area contributed by atoms with Crippen LogP contribution in [0.15, 0.2) is 49.1 Å². The maximum absolute atomic E-state index is 13.3. The summed E-state index contributed by atoms with van der Waals surface area (Å²) in [5, 5.41) is 9.99. The highest BCUT2D eigenvalue weighted by molar-refractivity contribution is 5.73. The first kappa shape index (κ1) is 21.3. The number of pyridine rings is 2. The molecule has 172 valence electrons. The minimum absolute atomic E-state index is 0.104. The van der Waals surface area contributed by atoms with E-state index in [1.807, 2.05) is 29.9 Å². The minimum Gasteiger partial charge on any atom is -0.496 e. The van der Waals surface area contributed by atoms with Gasteiger partial charge in [-0.1, -0.05) is 6.07 Å². The second kappa shape index (κ2) is 8.07. The lowest BCUT2D eigenvalue weighted by Gasteiger charge is -2.22. The zero-order valence-corrected chi connectivity index (χ0v) is 18.0. The molecular formula is C22H22F3N7O. The van der Waals surface area contributed by atoms with E-state index in [2.05, 4.69) is 25.7 Å². The van der Waals surface area contributed by atoms with Crippen LogP contribution in [0, 0.1) is 5.92 Å². The van der Waals surface area contributed by atoms with E-state index < -0.39 is 18.1 Å². The predicted octanol–water partition coefficient (Wildman–Crippen LogP) is 3.37. The molecule has 0 bridgehead atoms. The van der Waals surface area contributed by atoms with Crippen molar-refractivity contribution in [2.75, 3.05) is 25.5 Å². The first-order valence-corrected chi connectivity index (χ1v) is 10.4. The van der Waals surface area contributed by atoms with E-state index in [0.717, 1.165) is 11.1 Å².